The zero-order valence-electron chi connectivity index (χ0n) is 9.19. The maximum atomic E-state index is 11.5. The number of aryl methyl sites for hydroxylation is 1. The number of rotatable bonds is 5. The van der Waals surface area contributed by atoms with Gasteiger partial charge in [-0.1, -0.05) is 6.92 Å². The van der Waals surface area contributed by atoms with Crippen LogP contribution in [0.15, 0.2) is 10.9 Å². The molecule has 0 aliphatic rings. The van der Waals surface area contributed by atoms with Gasteiger partial charge in [0.15, 0.2) is 0 Å². The Hall–Kier alpha value is -1.36. The molecule has 1 rings (SSSR count). The van der Waals surface area contributed by atoms with Gasteiger partial charge < -0.3 is 10.5 Å². The highest BCUT2D eigenvalue weighted by Gasteiger charge is 2.02. The largest absolute Gasteiger partial charge is 0.383 e. The third kappa shape index (κ3) is 3.36. The van der Waals surface area contributed by atoms with Crippen LogP contribution in [0.25, 0.3) is 0 Å². The SMILES string of the molecule is CCCOCCn1c(C)nc(N)cc1=O. The maximum absolute atomic E-state index is 11.5. The van der Waals surface area contributed by atoms with E-state index in [0.29, 0.717) is 19.0 Å². The highest BCUT2D eigenvalue weighted by molar-refractivity contribution is 5.25. The van der Waals surface area contributed by atoms with E-state index in [1.807, 2.05) is 6.92 Å². The summed E-state index contributed by atoms with van der Waals surface area (Å²) in [6.45, 7) is 5.58. The Bertz CT molecular complexity index is 373. The Kier molecular flexibility index (Phi) is 4.30. The lowest BCUT2D eigenvalue weighted by Crippen LogP contribution is -2.25. The summed E-state index contributed by atoms with van der Waals surface area (Å²) in [7, 11) is 0. The Morgan fingerprint density at radius 1 is 1.53 bits per heavy atom. The van der Waals surface area contributed by atoms with Crippen molar-refractivity contribution in [2.45, 2.75) is 26.8 Å². The first kappa shape index (κ1) is 11.7. The Morgan fingerprint density at radius 2 is 2.27 bits per heavy atom. The predicted octanol–water partition coefficient (Wildman–Crippen LogP) is 0.561. The van der Waals surface area contributed by atoms with Crippen LogP contribution in [0.4, 0.5) is 5.82 Å². The molecule has 0 unspecified atom stereocenters. The summed E-state index contributed by atoms with van der Waals surface area (Å²) < 4.78 is 6.87. The minimum atomic E-state index is -0.125. The van der Waals surface area contributed by atoms with Crippen LogP contribution in [0.1, 0.15) is 19.2 Å². The van der Waals surface area contributed by atoms with Gasteiger partial charge in [-0.15, -0.1) is 0 Å². The van der Waals surface area contributed by atoms with E-state index in [1.165, 1.54) is 6.07 Å². The third-order valence-corrected chi connectivity index (χ3v) is 2.03. The van der Waals surface area contributed by atoms with Gasteiger partial charge in [-0.2, -0.15) is 0 Å². The fourth-order valence-electron chi connectivity index (χ4n) is 1.32. The average Bonchev–Trinajstić information content (AvgIpc) is 2.15. The fourth-order valence-corrected chi connectivity index (χ4v) is 1.32. The van der Waals surface area contributed by atoms with Gasteiger partial charge in [0, 0.05) is 12.7 Å². The van der Waals surface area contributed by atoms with Gasteiger partial charge in [0.05, 0.1) is 13.2 Å². The lowest BCUT2D eigenvalue weighted by atomic mass is 10.5. The molecule has 0 spiro atoms. The van der Waals surface area contributed by atoms with Gasteiger partial charge in [-0.05, 0) is 13.3 Å². The van der Waals surface area contributed by atoms with Crippen LogP contribution >= 0.6 is 0 Å². The van der Waals surface area contributed by atoms with Crippen LogP contribution in [0.2, 0.25) is 0 Å². The van der Waals surface area contributed by atoms with Gasteiger partial charge >= 0.3 is 0 Å². The van der Waals surface area contributed by atoms with E-state index in [2.05, 4.69) is 4.98 Å². The summed E-state index contributed by atoms with van der Waals surface area (Å²) in [4.78, 5) is 15.5. The van der Waals surface area contributed by atoms with Crippen LogP contribution in [-0.2, 0) is 11.3 Å². The van der Waals surface area contributed by atoms with Crippen molar-refractivity contribution < 1.29 is 4.74 Å². The van der Waals surface area contributed by atoms with Crippen LogP contribution in [0.5, 0.6) is 0 Å². The van der Waals surface area contributed by atoms with Crippen LogP contribution < -0.4 is 11.3 Å². The third-order valence-electron chi connectivity index (χ3n) is 2.03. The van der Waals surface area contributed by atoms with Crippen LogP contribution in [-0.4, -0.2) is 22.8 Å². The molecule has 1 heterocycles. The van der Waals surface area contributed by atoms with Gasteiger partial charge in [0.25, 0.3) is 5.56 Å². The topological polar surface area (TPSA) is 70.1 Å². The first-order chi connectivity index (χ1) is 7.15. The predicted molar refractivity (Wildman–Crippen MR) is 58.8 cm³/mol. The van der Waals surface area contributed by atoms with Crippen molar-refractivity contribution in [2.75, 3.05) is 18.9 Å². The molecule has 0 aliphatic heterocycles. The number of nitrogens with two attached hydrogens (primary N) is 1. The first-order valence-electron chi connectivity index (χ1n) is 5.07. The van der Waals surface area contributed by atoms with Crippen LogP contribution in [0.3, 0.4) is 0 Å². The van der Waals surface area contributed by atoms with Gasteiger partial charge in [0.2, 0.25) is 0 Å². The summed E-state index contributed by atoms with van der Waals surface area (Å²) in [5, 5.41) is 0. The normalized spacial score (nSPS) is 10.5. The highest BCUT2D eigenvalue weighted by atomic mass is 16.5. The molecule has 5 heteroatoms. The average molecular weight is 211 g/mol. The van der Waals surface area contributed by atoms with Gasteiger partial charge in [-0.3, -0.25) is 9.36 Å². The molecule has 0 aromatic carbocycles. The molecule has 0 saturated carbocycles. The molecule has 1 aromatic rings. The Balaban J connectivity index is 2.65. The summed E-state index contributed by atoms with van der Waals surface area (Å²) >= 11 is 0. The number of nitrogen functional groups attached to an aromatic ring is 1. The van der Waals surface area contributed by atoms with Gasteiger partial charge in [0.1, 0.15) is 11.6 Å². The maximum Gasteiger partial charge on any atom is 0.255 e. The van der Waals surface area contributed by atoms with E-state index in [-0.39, 0.29) is 11.4 Å². The molecule has 0 amide bonds. The van der Waals surface area contributed by atoms with Crippen molar-refractivity contribution in [3.05, 3.63) is 22.2 Å². The van der Waals surface area contributed by atoms with Gasteiger partial charge in [-0.25, -0.2) is 4.98 Å². The molecule has 2 N–H and O–H groups in total. The molecule has 0 fully saturated rings. The molecule has 1 aromatic heterocycles. The van der Waals surface area contributed by atoms with Crippen molar-refractivity contribution in [1.29, 1.82) is 0 Å². The number of aromatic nitrogens is 2. The fraction of sp³-hybridized carbons (Fsp3) is 0.600. The summed E-state index contributed by atoms with van der Waals surface area (Å²) in [5.41, 5.74) is 5.32. The van der Waals surface area contributed by atoms with Crippen molar-refractivity contribution in [2.24, 2.45) is 0 Å². The zero-order valence-corrected chi connectivity index (χ0v) is 9.19. The molecule has 0 atom stereocenters. The number of ether oxygens (including phenoxy) is 1. The number of hydrogen-bond donors (Lipinski definition) is 1. The number of anilines is 1. The lowest BCUT2D eigenvalue weighted by molar-refractivity contribution is 0.125. The van der Waals surface area contributed by atoms with Crippen LogP contribution in [0, 0.1) is 6.92 Å². The summed E-state index contributed by atoms with van der Waals surface area (Å²) in [5.74, 6) is 0.892. The van der Waals surface area contributed by atoms with Crippen molar-refractivity contribution >= 4 is 5.82 Å². The quantitative estimate of drug-likeness (QED) is 0.722. The molecule has 5 nitrogen and oxygen atoms in total. The smallest absolute Gasteiger partial charge is 0.255 e. The minimum Gasteiger partial charge on any atom is -0.383 e. The number of nitrogens with zero attached hydrogens (tertiary/aromatic N) is 2. The molecule has 0 bridgehead atoms. The second-order valence-corrected chi connectivity index (χ2v) is 3.33. The second kappa shape index (κ2) is 5.50. The monoisotopic (exact) mass is 211 g/mol. The standard InChI is InChI=1S/C10H17N3O2/c1-3-5-15-6-4-13-8(2)12-9(11)7-10(13)14/h7H,3-6,11H2,1-2H3. The summed E-state index contributed by atoms with van der Waals surface area (Å²) in [6.07, 6.45) is 0.980. The molecular weight excluding hydrogens is 194 g/mol. The zero-order chi connectivity index (χ0) is 11.3. The first-order valence-corrected chi connectivity index (χ1v) is 5.07. The molecular formula is C10H17N3O2. The summed E-state index contributed by atoms with van der Waals surface area (Å²) in [6, 6.07) is 1.33. The van der Waals surface area contributed by atoms with E-state index < -0.39 is 0 Å². The van der Waals surface area contributed by atoms with E-state index in [4.69, 9.17) is 10.5 Å². The Labute approximate surface area is 88.9 Å². The minimum absolute atomic E-state index is 0.125. The molecule has 0 radical (unpaired) electrons. The highest BCUT2D eigenvalue weighted by Crippen LogP contribution is 1.95. The molecule has 84 valence electrons. The second-order valence-electron chi connectivity index (χ2n) is 3.33. The van der Waals surface area contributed by atoms with Crippen molar-refractivity contribution in [1.82, 2.24) is 9.55 Å². The van der Waals surface area contributed by atoms with E-state index >= 15 is 0 Å². The molecule has 0 aliphatic carbocycles. The van der Waals surface area contributed by atoms with E-state index in [9.17, 15) is 4.79 Å². The van der Waals surface area contributed by atoms with Crippen molar-refractivity contribution in [3.63, 3.8) is 0 Å². The molecule has 0 saturated heterocycles. The molecule has 15 heavy (non-hydrogen) atoms. The van der Waals surface area contributed by atoms with Crippen molar-refractivity contribution in [3.8, 4) is 0 Å². The Morgan fingerprint density at radius 3 is 2.87 bits per heavy atom. The van der Waals surface area contributed by atoms with E-state index in [0.717, 1.165) is 13.0 Å². The lowest BCUT2D eigenvalue weighted by Gasteiger charge is -2.09. The van der Waals surface area contributed by atoms with E-state index in [1.54, 1.807) is 11.5 Å². The number of hydrogen-bond acceptors (Lipinski definition) is 4.